The third kappa shape index (κ3) is 3.59. The van der Waals surface area contributed by atoms with Crippen molar-refractivity contribution in [1.29, 1.82) is 0 Å². The maximum Gasteiger partial charge on any atom is 0.325 e. The Bertz CT molecular complexity index is 1170. The van der Waals surface area contributed by atoms with E-state index in [0.717, 1.165) is 4.90 Å². The number of hydrogen-bond acceptors (Lipinski definition) is 7. The molecule has 3 N–H and O–H groups in total. The van der Waals surface area contributed by atoms with Crippen molar-refractivity contribution < 1.29 is 23.6 Å². The average Bonchev–Trinajstić information content (AvgIpc) is 3.33. The Morgan fingerprint density at radius 3 is 2.65 bits per heavy atom. The predicted molar refractivity (Wildman–Crippen MR) is 108 cm³/mol. The highest BCUT2D eigenvalue weighted by atomic mass is 16.5. The van der Waals surface area contributed by atoms with Crippen LogP contribution in [-0.2, 0) is 16.9 Å². The van der Waals surface area contributed by atoms with Crippen LogP contribution < -0.4 is 15.8 Å². The van der Waals surface area contributed by atoms with Gasteiger partial charge in [-0.3, -0.25) is 14.5 Å². The van der Waals surface area contributed by atoms with Gasteiger partial charge in [-0.05, 0) is 48.9 Å². The summed E-state index contributed by atoms with van der Waals surface area (Å²) < 4.78 is 10.4. The Kier molecular flexibility index (Phi) is 4.90. The van der Waals surface area contributed by atoms with Crippen LogP contribution in [0.25, 0.3) is 11.5 Å². The van der Waals surface area contributed by atoms with Gasteiger partial charge in [0.05, 0.1) is 13.7 Å². The first-order valence-electron chi connectivity index (χ1n) is 9.33. The Labute approximate surface area is 177 Å². The van der Waals surface area contributed by atoms with Crippen molar-refractivity contribution in [3.05, 3.63) is 65.5 Å². The Morgan fingerprint density at radius 2 is 1.97 bits per heavy atom. The molecule has 2 aromatic carbocycles. The van der Waals surface area contributed by atoms with Crippen LogP contribution in [0.2, 0.25) is 0 Å². The summed E-state index contributed by atoms with van der Waals surface area (Å²) in [7, 11) is 1.57. The molecule has 158 valence electrons. The van der Waals surface area contributed by atoms with E-state index < -0.39 is 23.4 Å². The summed E-state index contributed by atoms with van der Waals surface area (Å²) in [6.07, 6.45) is 0. The molecule has 1 aromatic heterocycles. The molecule has 1 unspecified atom stereocenters. The largest absolute Gasteiger partial charge is 0.497 e. The number of rotatable bonds is 6. The van der Waals surface area contributed by atoms with Gasteiger partial charge in [0.1, 0.15) is 11.3 Å². The van der Waals surface area contributed by atoms with Gasteiger partial charge in [-0.15, -0.1) is 0 Å². The fraction of sp³-hybridized carbons (Fsp3) is 0.190. The molecular formula is C21H19N5O5. The van der Waals surface area contributed by atoms with Gasteiger partial charge in [-0.1, -0.05) is 17.3 Å². The summed E-state index contributed by atoms with van der Waals surface area (Å²) in [5, 5.41) is 6.54. The molecule has 31 heavy (non-hydrogen) atoms. The van der Waals surface area contributed by atoms with Crippen LogP contribution in [0, 0.1) is 0 Å². The molecule has 0 saturated carbocycles. The topological polar surface area (TPSA) is 141 Å². The number of carbonyl (C=O) groups excluding carboxylic acids is 3. The minimum Gasteiger partial charge on any atom is -0.497 e. The number of nitrogens with zero attached hydrogens (tertiary/aromatic N) is 3. The van der Waals surface area contributed by atoms with Crippen LogP contribution in [0.15, 0.2) is 53.1 Å². The van der Waals surface area contributed by atoms with Gasteiger partial charge in [0.2, 0.25) is 5.91 Å². The predicted octanol–water partition coefficient (Wildman–Crippen LogP) is 1.81. The number of benzene rings is 2. The van der Waals surface area contributed by atoms with Crippen LogP contribution >= 0.6 is 0 Å². The zero-order valence-corrected chi connectivity index (χ0v) is 16.8. The molecule has 1 atom stereocenters. The lowest BCUT2D eigenvalue weighted by molar-refractivity contribution is -0.131. The molecule has 3 aromatic rings. The smallest absolute Gasteiger partial charge is 0.325 e. The Balaban J connectivity index is 1.55. The SMILES string of the molecule is COc1ccc(-c2nc(CN3C(=O)NC(C)(c4cccc(C(N)=O)c4)C3=O)no2)cc1. The molecule has 4 amide bonds. The minimum absolute atomic E-state index is 0.171. The van der Waals surface area contributed by atoms with Crippen molar-refractivity contribution in [3.8, 4) is 17.2 Å². The number of methoxy groups -OCH3 is 1. The highest BCUT2D eigenvalue weighted by Gasteiger charge is 2.49. The number of carbonyl (C=O) groups is 3. The van der Waals surface area contributed by atoms with E-state index in [2.05, 4.69) is 15.5 Å². The first-order valence-corrected chi connectivity index (χ1v) is 9.33. The van der Waals surface area contributed by atoms with Gasteiger partial charge >= 0.3 is 6.03 Å². The number of ether oxygens (including phenoxy) is 1. The van der Waals surface area contributed by atoms with Gasteiger partial charge in [-0.2, -0.15) is 4.98 Å². The molecule has 1 fully saturated rings. The van der Waals surface area contributed by atoms with E-state index in [0.29, 0.717) is 16.9 Å². The number of aromatic nitrogens is 2. The van der Waals surface area contributed by atoms with E-state index in [1.165, 1.54) is 12.1 Å². The number of nitrogens with one attached hydrogen (secondary N) is 1. The number of nitrogens with two attached hydrogens (primary N) is 1. The fourth-order valence-electron chi connectivity index (χ4n) is 3.33. The van der Waals surface area contributed by atoms with E-state index in [9.17, 15) is 14.4 Å². The Hall–Kier alpha value is -4.21. The molecule has 10 heteroatoms. The molecule has 1 aliphatic heterocycles. The Morgan fingerprint density at radius 1 is 1.23 bits per heavy atom. The second-order valence-corrected chi connectivity index (χ2v) is 7.14. The van der Waals surface area contributed by atoms with Crippen LogP contribution in [0.4, 0.5) is 4.79 Å². The fourth-order valence-corrected chi connectivity index (χ4v) is 3.33. The molecule has 2 heterocycles. The highest BCUT2D eigenvalue weighted by Crippen LogP contribution is 2.30. The van der Waals surface area contributed by atoms with E-state index in [1.807, 2.05) is 0 Å². The first-order chi connectivity index (χ1) is 14.8. The number of urea groups is 1. The quantitative estimate of drug-likeness (QED) is 0.578. The van der Waals surface area contributed by atoms with Gasteiger partial charge in [-0.25, -0.2) is 4.79 Å². The van der Waals surface area contributed by atoms with Crippen molar-refractivity contribution in [2.75, 3.05) is 7.11 Å². The van der Waals surface area contributed by atoms with Crippen LogP contribution in [0.1, 0.15) is 28.7 Å². The third-order valence-corrected chi connectivity index (χ3v) is 5.10. The molecule has 1 aliphatic rings. The molecule has 0 bridgehead atoms. The lowest BCUT2D eigenvalue weighted by atomic mass is 9.90. The summed E-state index contributed by atoms with van der Waals surface area (Å²) >= 11 is 0. The number of hydrogen-bond donors (Lipinski definition) is 2. The van der Waals surface area contributed by atoms with Crippen molar-refractivity contribution in [2.45, 2.75) is 19.0 Å². The van der Waals surface area contributed by atoms with Crippen LogP contribution in [0.3, 0.4) is 0 Å². The molecule has 0 spiro atoms. The summed E-state index contributed by atoms with van der Waals surface area (Å²) in [5.74, 6) is -0.0274. The lowest BCUT2D eigenvalue weighted by Gasteiger charge is -2.22. The van der Waals surface area contributed by atoms with E-state index in [1.54, 1.807) is 50.4 Å². The first kappa shape index (κ1) is 20.1. The second kappa shape index (κ2) is 7.56. The van der Waals surface area contributed by atoms with Gasteiger partial charge in [0, 0.05) is 11.1 Å². The van der Waals surface area contributed by atoms with Gasteiger partial charge in [0.25, 0.3) is 11.8 Å². The van der Waals surface area contributed by atoms with Crippen molar-refractivity contribution in [3.63, 3.8) is 0 Å². The average molecular weight is 421 g/mol. The molecular weight excluding hydrogens is 402 g/mol. The summed E-state index contributed by atoms with van der Waals surface area (Å²) in [5.41, 5.74) is 5.32. The van der Waals surface area contributed by atoms with Crippen molar-refractivity contribution in [2.24, 2.45) is 5.73 Å². The molecule has 0 radical (unpaired) electrons. The van der Waals surface area contributed by atoms with Crippen molar-refractivity contribution >= 4 is 17.8 Å². The van der Waals surface area contributed by atoms with E-state index in [4.69, 9.17) is 15.0 Å². The third-order valence-electron chi connectivity index (χ3n) is 5.10. The highest BCUT2D eigenvalue weighted by molar-refractivity contribution is 6.07. The number of amides is 4. The molecule has 4 rings (SSSR count). The summed E-state index contributed by atoms with van der Waals surface area (Å²) in [6.45, 7) is 1.39. The van der Waals surface area contributed by atoms with E-state index in [-0.39, 0.29) is 23.8 Å². The molecule has 10 nitrogen and oxygen atoms in total. The number of primary amides is 1. The maximum atomic E-state index is 13.1. The second-order valence-electron chi connectivity index (χ2n) is 7.14. The van der Waals surface area contributed by atoms with Gasteiger partial charge < -0.3 is 20.3 Å². The zero-order chi connectivity index (χ0) is 22.2. The monoisotopic (exact) mass is 421 g/mol. The van der Waals surface area contributed by atoms with Crippen LogP contribution in [0.5, 0.6) is 5.75 Å². The standard InChI is InChI=1S/C21H19N5O5/c1-21(14-5-3-4-13(10-14)17(22)27)19(28)26(20(29)24-21)11-16-23-18(31-25-16)12-6-8-15(30-2)9-7-12/h3-10H,11H2,1-2H3,(H2,22,27)(H,24,29). The normalized spacial score (nSPS) is 18.2. The minimum atomic E-state index is -1.36. The molecule has 0 aliphatic carbocycles. The summed E-state index contributed by atoms with van der Waals surface area (Å²) in [4.78, 5) is 42.4. The maximum absolute atomic E-state index is 13.1. The van der Waals surface area contributed by atoms with Gasteiger partial charge in [0.15, 0.2) is 5.82 Å². The van der Waals surface area contributed by atoms with Crippen molar-refractivity contribution in [1.82, 2.24) is 20.4 Å². The molecule has 1 saturated heterocycles. The van der Waals surface area contributed by atoms with Crippen LogP contribution in [-0.4, -0.2) is 40.0 Å². The zero-order valence-electron chi connectivity index (χ0n) is 16.8. The van der Waals surface area contributed by atoms with E-state index >= 15 is 0 Å². The summed E-state index contributed by atoms with van der Waals surface area (Å²) in [6, 6.07) is 12.7. The lowest BCUT2D eigenvalue weighted by Crippen LogP contribution is -2.41. The number of imide groups is 1.